The zero-order valence-corrected chi connectivity index (χ0v) is 8.23. The van der Waals surface area contributed by atoms with E-state index in [1.165, 1.54) is 0 Å². The standard InChI is InChI=1S/C10H12N4/c1-7-4-3-5-12-9(7)10-8(11)6-13-14(10)2/h3-6H,11H2,1-2H3. The van der Waals surface area contributed by atoms with Gasteiger partial charge >= 0.3 is 0 Å². The van der Waals surface area contributed by atoms with E-state index in [9.17, 15) is 0 Å². The second kappa shape index (κ2) is 3.14. The summed E-state index contributed by atoms with van der Waals surface area (Å²) >= 11 is 0. The minimum Gasteiger partial charge on any atom is -0.396 e. The van der Waals surface area contributed by atoms with Gasteiger partial charge in [0.15, 0.2) is 0 Å². The first-order chi connectivity index (χ1) is 6.70. The quantitative estimate of drug-likeness (QED) is 0.735. The van der Waals surface area contributed by atoms with Crippen LogP contribution in [0.3, 0.4) is 0 Å². The predicted molar refractivity (Wildman–Crippen MR) is 55.6 cm³/mol. The zero-order valence-electron chi connectivity index (χ0n) is 8.23. The molecule has 0 spiro atoms. The van der Waals surface area contributed by atoms with Gasteiger partial charge in [-0.1, -0.05) is 6.07 Å². The van der Waals surface area contributed by atoms with E-state index in [1.54, 1.807) is 17.1 Å². The van der Waals surface area contributed by atoms with Crippen molar-refractivity contribution in [2.75, 3.05) is 5.73 Å². The maximum Gasteiger partial charge on any atom is 0.109 e. The number of hydrogen-bond acceptors (Lipinski definition) is 3. The van der Waals surface area contributed by atoms with Crippen LogP contribution in [-0.4, -0.2) is 14.8 Å². The molecule has 2 N–H and O–H groups in total. The summed E-state index contributed by atoms with van der Waals surface area (Å²) in [6.07, 6.45) is 3.40. The largest absolute Gasteiger partial charge is 0.396 e. The minimum atomic E-state index is 0.661. The molecule has 0 unspecified atom stereocenters. The van der Waals surface area contributed by atoms with Crippen molar-refractivity contribution in [3.05, 3.63) is 30.1 Å². The van der Waals surface area contributed by atoms with Crippen LogP contribution in [0.5, 0.6) is 0 Å². The molecule has 0 aliphatic heterocycles. The van der Waals surface area contributed by atoms with E-state index in [-0.39, 0.29) is 0 Å². The van der Waals surface area contributed by atoms with Crippen molar-refractivity contribution in [3.8, 4) is 11.4 Å². The summed E-state index contributed by atoms with van der Waals surface area (Å²) in [5, 5.41) is 4.09. The second-order valence-corrected chi connectivity index (χ2v) is 3.24. The fraction of sp³-hybridized carbons (Fsp3) is 0.200. The molecule has 14 heavy (non-hydrogen) atoms. The van der Waals surface area contributed by atoms with Gasteiger partial charge in [-0.2, -0.15) is 5.10 Å². The maximum atomic E-state index is 5.82. The lowest BCUT2D eigenvalue weighted by atomic mass is 10.1. The summed E-state index contributed by atoms with van der Waals surface area (Å²) in [6.45, 7) is 2.01. The van der Waals surface area contributed by atoms with Gasteiger partial charge in [-0.25, -0.2) is 0 Å². The number of aromatic nitrogens is 3. The third-order valence-electron chi connectivity index (χ3n) is 2.20. The van der Waals surface area contributed by atoms with Crippen LogP contribution in [0.1, 0.15) is 5.56 Å². The number of nitrogens with zero attached hydrogens (tertiary/aromatic N) is 3. The van der Waals surface area contributed by atoms with Crippen molar-refractivity contribution < 1.29 is 0 Å². The molecule has 0 bridgehead atoms. The molecule has 0 saturated heterocycles. The van der Waals surface area contributed by atoms with Crippen LogP contribution >= 0.6 is 0 Å². The van der Waals surface area contributed by atoms with Crippen LogP contribution in [-0.2, 0) is 7.05 Å². The monoisotopic (exact) mass is 188 g/mol. The first kappa shape index (κ1) is 8.74. The molecule has 72 valence electrons. The number of nitrogens with two attached hydrogens (primary N) is 1. The highest BCUT2D eigenvalue weighted by Gasteiger charge is 2.11. The van der Waals surface area contributed by atoms with Crippen molar-refractivity contribution in [1.29, 1.82) is 0 Å². The van der Waals surface area contributed by atoms with Crippen LogP contribution in [0.25, 0.3) is 11.4 Å². The minimum absolute atomic E-state index is 0.661. The van der Waals surface area contributed by atoms with Crippen LogP contribution in [0.15, 0.2) is 24.5 Å². The van der Waals surface area contributed by atoms with Crippen molar-refractivity contribution in [3.63, 3.8) is 0 Å². The molecule has 2 aromatic heterocycles. The van der Waals surface area contributed by atoms with E-state index < -0.39 is 0 Å². The van der Waals surface area contributed by atoms with Crippen LogP contribution < -0.4 is 5.73 Å². The number of pyridine rings is 1. The fourth-order valence-corrected chi connectivity index (χ4v) is 1.48. The Morgan fingerprint density at radius 3 is 2.79 bits per heavy atom. The normalized spacial score (nSPS) is 10.4. The molecule has 2 heterocycles. The van der Waals surface area contributed by atoms with E-state index in [0.717, 1.165) is 17.0 Å². The summed E-state index contributed by atoms with van der Waals surface area (Å²) in [5.41, 5.74) is 9.35. The van der Waals surface area contributed by atoms with Gasteiger partial charge in [0.2, 0.25) is 0 Å². The Balaban J connectivity index is 2.66. The number of nitrogen functional groups attached to an aromatic ring is 1. The molecular weight excluding hydrogens is 176 g/mol. The Kier molecular flexibility index (Phi) is 1.96. The Hall–Kier alpha value is -1.84. The highest BCUT2D eigenvalue weighted by atomic mass is 15.3. The third-order valence-corrected chi connectivity index (χ3v) is 2.20. The molecule has 4 heteroatoms. The first-order valence-corrected chi connectivity index (χ1v) is 4.39. The van der Waals surface area contributed by atoms with Gasteiger partial charge < -0.3 is 5.73 Å². The Labute approximate surface area is 82.4 Å². The number of rotatable bonds is 1. The summed E-state index contributed by atoms with van der Waals surface area (Å²) in [4.78, 5) is 4.30. The number of anilines is 1. The smallest absolute Gasteiger partial charge is 0.109 e. The Morgan fingerprint density at radius 1 is 1.43 bits per heavy atom. The average molecular weight is 188 g/mol. The highest BCUT2D eigenvalue weighted by molar-refractivity contribution is 5.71. The van der Waals surface area contributed by atoms with Gasteiger partial charge in [-0.3, -0.25) is 9.67 Å². The Bertz CT molecular complexity index is 439. The van der Waals surface area contributed by atoms with Gasteiger partial charge in [-0.05, 0) is 18.6 Å². The fourth-order valence-electron chi connectivity index (χ4n) is 1.48. The molecule has 2 rings (SSSR count). The van der Waals surface area contributed by atoms with Gasteiger partial charge in [0.25, 0.3) is 0 Å². The van der Waals surface area contributed by atoms with E-state index in [4.69, 9.17) is 5.73 Å². The van der Waals surface area contributed by atoms with Crippen LogP contribution in [0.2, 0.25) is 0 Å². The van der Waals surface area contributed by atoms with Crippen LogP contribution in [0, 0.1) is 6.92 Å². The summed E-state index contributed by atoms with van der Waals surface area (Å²) in [6, 6.07) is 3.92. The summed E-state index contributed by atoms with van der Waals surface area (Å²) < 4.78 is 1.74. The van der Waals surface area contributed by atoms with Crippen LogP contribution in [0.4, 0.5) is 5.69 Å². The molecule has 0 aliphatic carbocycles. The third kappa shape index (κ3) is 1.25. The molecule has 0 radical (unpaired) electrons. The lowest BCUT2D eigenvalue weighted by molar-refractivity contribution is 0.773. The van der Waals surface area contributed by atoms with Crippen molar-refractivity contribution in [1.82, 2.24) is 14.8 Å². The second-order valence-electron chi connectivity index (χ2n) is 3.24. The van der Waals surface area contributed by atoms with Crippen molar-refractivity contribution in [2.45, 2.75) is 6.92 Å². The molecule has 0 fully saturated rings. The molecular formula is C10H12N4. The lowest BCUT2D eigenvalue weighted by Gasteiger charge is -2.05. The van der Waals surface area contributed by atoms with E-state index in [0.29, 0.717) is 5.69 Å². The zero-order chi connectivity index (χ0) is 10.1. The first-order valence-electron chi connectivity index (χ1n) is 4.39. The van der Waals surface area contributed by atoms with E-state index in [1.807, 2.05) is 26.1 Å². The molecule has 0 saturated carbocycles. The van der Waals surface area contributed by atoms with Crippen molar-refractivity contribution >= 4 is 5.69 Å². The molecule has 0 aliphatic rings. The molecule has 0 amide bonds. The summed E-state index contributed by atoms with van der Waals surface area (Å²) in [5.74, 6) is 0. The maximum absolute atomic E-state index is 5.82. The van der Waals surface area contributed by atoms with Gasteiger partial charge in [0.05, 0.1) is 17.6 Å². The Morgan fingerprint density at radius 2 is 2.21 bits per heavy atom. The SMILES string of the molecule is Cc1cccnc1-c1c(N)cnn1C. The van der Waals surface area contributed by atoms with Gasteiger partial charge in [0, 0.05) is 13.2 Å². The molecule has 0 aromatic carbocycles. The molecule has 4 nitrogen and oxygen atoms in total. The lowest BCUT2D eigenvalue weighted by Crippen LogP contribution is -1.99. The highest BCUT2D eigenvalue weighted by Crippen LogP contribution is 2.25. The van der Waals surface area contributed by atoms with E-state index in [2.05, 4.69) is 10.1 Å². The van der Waals surface area contributed by atoms with Gasteiger partial charge in [-0.15, -0.1) is 0 Å². The topological polar surface area (TPSA) is 56.7 Å². The summed E-state index contributed by atoms with van der Waals surface area (Å²) in [7, 11) is 1.86. The van der Waals surface area contributed by atoms with E-state index >= 15 is 0 Å². The van der Waals surface area contributed by atoms with Crippen molar-refractivity contribution in [2.24, 2.45) is 7.05 Å². The number of aryl methyl sites for hydroxylation is 2. The van der Waals surface area contributed by atoms with Gasteiger partial charge in [0.1, 0.15) is 5.69 Å². The predicted octanol–water partition coefficient (Wildman–Crippen LogP) is 1.37. The molecule has 2 aromatic rings. The number of hydrogen-bond donors (Lipinski definition) is 1. The molecule has 0 atom stereocenters. The average Bonchev–Trinajstić information content (AvgIpc) is 2.48.